The first-order chi connectivity index (χ1) is 13.9. The van der Waals surface area contributed by atoms with Crippen LogP contribution < -0.4 is 9.80 Å². The fraction of sp³-hybridized carbons (Fsp3) is 0.455. The van der Waals surface area contributed by atoms with Crippen molar-refractivity contribution in [3.05, 3.63) is 49.1 Å². The molecule has 2 saturated heterocycles. The highest BCUT2D eigenvalue weighted by Crippen LogP contribution is 2.30. The van der Waals surface area contributed by atoms with E-state index >= 15 is 0 Å². The standard InChI is InChI=1S/C22H27N5O/c1-2-8-25(7-1)15-18-4-3-9-27(16-18)22-20-6-5-19(14-21(20)23-17-24-22)26-10-12-28-13-11-26/h1-2,5-8,14,17-18H,3-4,9-13,15-16H2. The summed E-state index contributed by atoms with van der Waals surface area (Å²) in [6.45, 7) is 6.67. The van der Waals surface area contributed by atoms with Gasteiger partial charge in [-0.1, -0.05) is 0 Å². The number of morpholine rings is 1. The summed E-state index contributed by atoms with van der Waals surface area (Å²) in [7, 11) is 0. The van der Waals surface area contributed by atoms with E-state index in [0.29, 0.717) is 5.92 Å². The highest BCUT2D eigenvalue weighted by molar-refractivity contribution is 5.91. The van der Waals surface area contributed by atoms with Crippen LogP contribution >= 0.6 is 0 Å². The fourth-order valence-corrected chi connectivity index (χ4v) is 4.50. The second-order valence-corrected chi connectivity index (χ2v) is 7.83. The van der Waals surface area contributed by atoms with E-state index in [2.05, 4.69) is 67.1 Å². The van der Waals surface area contributed by atoms with Crippen LogP contribution in [0, 0.1) is 5.92 Å². The molecule has 0 spiro atoms. The molecule has 3 aromatic rings. The second-order valence-electron chi connectivity index (χ2n) is 7.83. The van der Waals surface area contributed by atoms with Crippen molar-refractivity contribution in [1.29, 1.82) is 0 Å². The number of fused-ring (bicyclic) bond motifs is 1. The van der Waals surface area contributed by atoms with Crippen molar-refractivity contribution in [3.8, 4) is 0 Å². The van der Waals surface area contributed by atoms with Crippen LogP contribution in [0.25, 0.3) is 10.9 Å². The maximum Gasteiger partial charge on any atom is 0.139 e. The lowest BCUT2D eigenvalue weighted by Gasteiger charge is -2.34. The first kappa shape index (κ1) is 17.5. The van der Waals surface area contributed by atoms with Gasteiger partial charge in [0.1, 0.15) is 12.1 Å². The van der Waals surface area contributed by atoms with Crippen LogP contribution in [0.3, 0.4) is 0 Å². The lowest BCUT2D eigenvalue weighted by molar-refractivity contribution is 0.122. The average Bonchev–Trinajstić information content (AvgIpc) is 3.27. The zero-order chi connectivity index (χ0) is 18.8. The molecule has 4 heterocycles. The Morgan fingerprint density at radius 3 is 2.71 bits per heavy atom. The minimum atomic E-state index is 0.652. The van der Waals surface area contributed by atoms with Gasteiger partial charge in [-0.2, -0.15) is 0 Å². The molecule has 0 saturated carbocycles. The van der Waals surface area contributed by atoms with Crippen LogP contribution in [0.5, 0.6) is 0 Å². The Balaban J connectivity index is 1.38. The number of piperidine rings is 1. The van der Waals surface area contributed by atoms with Crippen LogP contribution in [-0.4, -0.2) is 53.9 Å². The van der Waals surface area contributed by atoms with E-state index in [0.717, 1.165) is 62.7 Å². The van der Waals surface area contributed by atoms with E-state index < -0.39 is 0 Å². The van der Waals surface area contributed by atoms with E-state index in [1.54, 1.807) is 6.33 Å². The Bertz CT molecular complexity index is 920. The summed E-state index contributed by atoms with van der Waals surface area (Å²) in [6.07, 6.45) is 8.52. The van der Waals surface area contributed by atoms with Crippen molar-refractivity contribution >= 4 is 22.4 Å². The highest BCUT2D eigenvalue weighted by atomic mass is 16.5. The predicted octanol–water partition coefficient (Wildman–Crippen LogP) is 3.18. The SMILES string of the molecule is c1ccn(CC2CCCN(c3ncnc4cc(N5CCOCC5)ccc34)C2)c1. The molecule has 0 N–H and O–H groups in total. The molecular formula is C22H27N5O. The Kier molecular flexibility index (Phi) is 4.87. The molecule has 0 aliphatic carbocycles. The van der Waals surface area contributed by atoms with Crippen molar-refractivity contribution < 1.29 is 4.74 Å². The number of benzene rings is 1. The second kappa shape index (κ2) is 7.80. The molecule has 28 heavy (non-hydrogen) atoms. The average molecular weight is 377 g/mol. The lowest BCUT2D eigenvalue weighted by atomic mass is 9.97. The molecule has 0 radical (unpaired) electrons. The van der Waals surface area contributed by atoms with Gasteiger partial charge in [-0.15, -0.1) is 0 Å². The molecule has 0 bridgehead atoms. The van der Waals surface area contributed by atoms with Gasteiger partial charge in [-0.05, 0) is 49.1 Å². The lowest BCUT2D eigenvalue weighted by Crippen LogP contribution is -2.37. The zero-order valence-electron chi connectivity index (χ0n) is 16.2. The third kappa shape index (κ3) is 3.56. The molecular weight excluding hydrogens is 350 g/mol. The largest absolute Gasteiger partial charge is 0.378 e. The number of aromatic nitrogens is 3. The number of hydrogen-bond donors (Lipinski definition) is 0. The smallest absolute Gasteiger partial charge is 0.139 e. The Labute approximate surface area is 165 Å². The number of hydrogen-bond acceptors (Lipinski definition) is 5. The van der Waals surface area contributed by atoms with E-state index in [4.69, 9.17) is 4.74 Å². The van der Waals surface area contributed by atoms with Crippen molar-refractivity contribution in [1.82, 2.24) is 14.5 Å². The predicted molar refractivity (Wildman–Crippen MR) is 112 cm³/mol. The molecule has 1 unspecified atom stereocenters. The summed E-state index contributed by atoms with van der Waals surface area (Å²) in [5.74, 6) is 1.73. The van der Waals surface area contributed by atoms with Crippen LogP contribution in [0.2, 0.25) is 0 Å². The number of anilines is 2. The maximum absolute atomic E-state index is 5.48. The minimum Gasteiger partial charge on any atom is -0.378 e. The van der Waals surface area contributed by atoms with Crippen molar-refractivity contribution in [2.24, 2.45) is 5.92 Å². The number of ether oxygens (including phenoxy) is 1. The first-order valence-electron chi connectivity index (χ1n) is 10.3. The van der Waals surface area contributed by atoms with Gasteiger partial charge in [-0.25, -0.2) is 9.97 Å². The Hall–Kier alpha value is -2.60. The van der Waals surface area contributed by atoms with Gasteiger partial charge in [0.25, 0.3) is 0 Å². The molecule has 2 fully saturated rings. The van der Waals surface area contributed by atoms with Gasteiger partial charge in [0.05, 0.1) is 18.7 Å². The van der Waals surface area contributed by atoms with E-state index in [1.807, 2.05) is 0 Å². The third-order valence-electron chi connectivity index (χ3n) is 5.93. The van der Waals surface area contributed by atoms with Gasteiger partial charge >= 0.3 is 0 Å². The van der Waals surface area contributed by atoms with E-state index in [1.165, 1.54) is 18.5 Å². The fourth-order valence-electron chi connectivity index (χ4n) is 4.50. The van der Waals surface area contributed by atoms with E-state index in [-0.39, 0.29) is 0 Å². The third-order valence-corrected chi connectivity index (χ3v) is 5.93. The van der Waals surface area contributed by atoms with Crippen LogP contribution in [0.1, 0.15) is 12.8 Å². The van der Waals surface area contributed by atoms with Gasteiger partial charge < -0.3 is 19.1 Å². The van der Waals surface area contributed by atoms with Gasteiger partial charge in [0.2, 0.25) is 0 Å². The Morgan fingerprint density at radius 2 is 1.86 bits per heavy atom. The van der Waals surface area contributed by atoms with Crippen LogP contribution in [0.15, 0.2) is 49.1 Å². The summed E-state index contributed by atoms with van der Waals surface area (Å²) in [6, 6.07) is 10.8. The molecule has 0 amide bonds. The maximum atomic E-state index is 5.48. The van der Waals surface area contributed by atoms with Gasteiger partial charge in [-0.3, -0.25) is 0 Å². The molecule has 6 heteroatoms. The normalized spacial score (nSPS) is 20.6. The summed E-state index contributed by atoms with van der Waals surface area (Å²) in [4.78, 5) is 14.1. The van der Waals surface area contributed by atoms with Crippen molar-refractivity contribution in [2.75, 3.05) is 49.2 Å². The topological polar surface area (TPSA) is 46.4 Å². The summed E-state index contributed by atoms with van der Waals surface area (Å²) in [5, 5.41) is 1.15. The summed E-state index contributed by atoms with van der Waals surface area (Å²) in [5.41, 5.74) is 2.26. The van der Waals surface area contributed by atoms with Gasteiger partial charge in [0.15, 0.2) is 0 Å². The molecule has 2 aromatic heterocycles. The number of nitrogens with zero attached hydrogens (tertiary/aromatic N) is 5. The van der Waals surface area contributed by atoms with Crippen molar-refractivity contribution in [2.45, 2.75) is 19.4 Å². The summed E-state index contributed by atoms with van der Waals surface area (Å²) >= 11 is 0. The molecule has 1 aromatic carbocycles. The molecule has 146 valence electrons. The monoisotopic (exact) mass is 377 g/mol. The molecule has 6 nitrogen and oxygen atoms in total. The molecule has 5 rings (SSSR count). The molecule has 2 aliphatic heterocycles. The quantitative estimate of drug-likeness (QED) is 0.699. The number of rotatable bonds is 4. The van der Waals surface area contributed by atoms with E-state index in [9.17, 15) is 0 Å². The first-order valence-corrected chi connectivity index (χ1v) is 10.3. The zero-order valence-corrected chi connectivity index (χ0v) is 16.2. The van der Waals surface area contributed by atoms with Crippen LogP contribution in [-0.2, 0) is 11.3 Å². The minimum absolute atomic E-state index is 0.652. The molecule has 1 atom stereocenters. The highest BCUT2D eigenvalue weighted by Gasteiger charge is 2.23. The summed E-state index contributed by atoms with van der Waals surface area (Å²) < 4.78 is 7.77. The Morgan fingerprint density at radius 1 is 1.00 bits per heavy atom. The van der Waals surface area contributed by atoms with Crippen molar-refractivity contribution in [3.63, 3.8) is 0 Å². The van der Waals surface area contributed by atoms with Crippen LogP contribution in [0.4, 0.5) is 11.5 Å². The van der Waals surface area contributed by atoms with Gasteiger partial charge in [0, 0.05) is 56.2 Å². The molecule has 2 aliphatic rings.